The van der Waals surface area contributed by atoms with Gasteiger partial charge >= 0.3 is 0 Å². The Morgan fingerprint density at radius 1 is 0.821 bits per heavy atom. The third kappa shape index (κ3) is 6.07. The number of rotatable bonds is 11. The number of H-pyrrole nitrogens is 1. The first-order valence-electron chi connectivity index (χ1n) is 12.5. The quantitative estimate of drug-likeness (QED) is 0.277. The summed E-state index contributed by atoms with van der Waals surface area (Å²) in [5, 5.41) is 13.3. The number of ether oxygens (including phenoxy) is 3. The van der Waals surface area contributed by atoms with Crippen molar-refractivity contribution in [2.45, 2.75) is 26.2 Å². The molecular weight excluding hydrogens is 496 g/mol. The van der Waals surface area contributed by atoms with Crippen molar-refractivity contribution in [2.24, 2.45) is 0 Å². The van der Waals surface area contributed by atoms with E-state index in [0.29, 0.717) is 54.6 Å². The lowest BCUT2D eigenvalue weighted by atomic mass is 10.1. The van der Waals surface area contributed by atoms with Crippen LogP contribution in [0.3, 0.4) is 0 Å². The molecule has 0 bridgehead atoms. The molecule has 1 N–H and O–H groups in total. The van der Waals surface area contributed by atoms with Crippen LogP contribution in [-0.4, -0.2) is 51.4 Å². The minimum Gasteiger partial charge on any atom is -0.497 e. The van der Waals surface area contributed by atoms with Crippen LogP contribution < -0.4 is 19.8 Å². The molecule has 200 valence electrons. The van der Waals surface area contributed by atoms with Gasteiger partial charge in [0.05, 0.1) is 39.9 Å². The van der Waals surface area contributed by atoms with Gasteiger partial charge in [-0.25, -0.2) is 4.68 Å². The summed E-state index contributed by atoms with van der Waals surface area (Å²) in [6.45, 7) is 1.95. The van der Waals surface area contributed by atoms with E-state index in [9.17, 15) is 4.79 Å². The zero-order valence-electron chi connectivity index (χ0n) is 22.1. The molecule has 2 aromatic heterocycles. The Kier molecular flexibility index (Phi) is 7.83. The Morgan fingerprint density at radius 2 is 1.56 bits per heavy atom. The third-order valence-electron chi connectivity index (χ3n) is 6.53. The van der Waals surface area contributed by atoms with Gasteiger partial charge < -0.3 is 19.2 Å². The zero-order valence-corrected chi connectivity index (χ0v) is 22.1. The second-order valence-electron chi connectivity index (χ2n) is 9.15. The lowest BCUT2D eigenvalue weighted by Gasteiger charge is -2.22. The molecule has 0 radical (unpaired) electrons. The molecular formula is C29H30N6O4. The van der Waals surface area contributed by atoms with Gasteiger partial charge in [-0.1, -0.05) is 42.5 Å². The normalized spacial score (nSPS) is 11.2. The summed E-state index contributed by atoms with van der Waals surface area (Å²) in [7, 11) is 4.80. The molecule has 0 unspecified atom stereocenters. The van der Waals surface area contributed by atoms with Crippen LogP contribution in [0.2, 0.25) is 0 Å². The number of aromatic amines is 1. The third-order valence-corrected chi connectivity index (χ3v) is 6.53. The number of nitrogens with one attached hydrogen (secondary N) is 1. The number of benzene rings is 3. The van der Waals surface area contributed by atoms with E-state index in [0.717, 1.165) is 22.3 Å². The minimum absolute atomic E-state index is 0.168. The largest absolute Gasteiger partial charge is 0.497 e. The lowest BCUT2D eigenvalue weighted by molar-refractivity contribution is 0.236. The summed E-state index contributed by atoms with van der Waals surface area (Å²) < 4.78 is 18.0. The first-order chi connectivity index (χ1) is 19.1. The maximum absolute atomic E-state index is 13.2. The summed E-state index contributed by atoms with van der Waals surface area (Å²) >= 11 is 0. The summed E-state index contributed by atoms with van der Waals surface area (Å²) in [6.07, 6.45) is 0. The fraction of sp³-hybridized carbons (Fsp3) is 0.241. The molecule has 0 saturated heterocycles. The van der Waals surface area contributed by atoms with E-state index in [2.05, 4.69) is 25.4 Å². The van der Waals surface area contributed by atoms with Crippen LogP contribution >= 0.6 is 0 Å². The summed E-state index contributed by atoms with van der Waals surface area (Å²) in [5.41, 5.74) is 3.29. The number of pyridine rings is 1. The Labute approximate surface area is 225 Å². The van der Waals surface area contributed by atoms with Gasteiger partial charge in [-0.3, -0.25) is 9.69 Å². The van der Waals surface area contributed by atoms with Crippen molar-refractivity contribution < 1.29 is 14.2 Å². The minimum atomic E-state index is -0.168. The highest BCUT2D eigenvalue weighted by Crippen LogP contribution is 2.31. The monoisotopic (exact) mass is 526 g/mol. The van der Waals surface area contributed by atoms with E-state index >= 15 is 0 Å². The van der Waals surface area contributed by atoms with Crippen LogP contribution in [0.15, 0.2) is 77.6 Å². The number of tetrazole rings is 1. The van der Waals surface area contributed by atoms with Crippen LogP contribution in [0.4, 0.5) is 0 Å². The van der Waals surface area contributed by atoms with Crippen LogP contribution in [-0.2, 0) is 26.2 Å². The predicted octanol–water partition coefficient (Wildman–Crippen LogP) is 3.79. The Morgan fingerprint density at radius 3 is 2.28 bits per heavy atom. The molecule has 0 atom stereocenters. The Bertz CT molecular complexity index is 1600. The number of nitrogens with zero attached hydrogens (tertiary/aromatic N) is 5. The molecule has 3 aromatic carbocycles. The second kappa shape index (κ2) is 11.8. The van der Waals surface area contributed by atoms with Crippen LogP contribution in [0, 0.1) is 0 Å². The molecule has 10 heteroatoms. The predicted molar refractivity (Wildman–Crippen MR) is 147 cm³/mol. The van der Waals surface area contributed by atoms with Gasteiger partial charge in [-0.15, -0.1) is 5.10 Å². The van der Waals surface area contributed by atoms with Gasteiger partial charge in [-0.2, -0.15) is 0 Å². The molecule has 0 aliphatic carbocycles. The van der Waals surface area contributed by atoms with Crippen LogP contribution in [0.25, 0.3) is 10.9 Å². The second-order valence-corrected chi connectivity index (χ2v) is 9.15. The summed E-state index contributed by atoms with van der Waals surface area (Å²) in [5.74, 6) is 2.64. The first-order valence-corrected chi connectivity index (χ1v) is 12.5. The average Bonchev–Trinajstić information content (AvgIpc) is 3.39. The molecule has 5 rings (SSSR count). The molecule has 39 heavy (non-hydrogen) atoms. The first kappa shape index (κ1) is 25.9. The summed E-state index contributed by atoms with van der Waals surface area (Å²) in [4.78, 5) is 18.3. The number of aromatic nitrogens is 5. The van der Waals surface area contributed by atoms with Gasteiger partial charge in [0.15, 0.2) is 17.3 Å². The average molecular weight is 527 g/mol. The molecule has 2 heterocycles. The summed E-state index contributed by atoms with van der Waals surface area (Å²) in [6, 6.07) is 23.5. The molecule has 0 fully saturated rings. The van der Waals surface area contributed by atoms with E-state index in [1.165, 1.54) is 0 Å². The van der Waals surface area contributed by atoms with Crippen molar-refractivity contribution >= 4 is 10.9 Å². The molecule has 5 aromatic rings. The number of hydrogen-bond donors (Lipinski definition) is 1. The molecule has 10 nitrogen and oxygen atoms in total. The molecule has 0 saturated carbocycles. The van der Waals surface area contributed by atoms with Gasteiger partial charge in [0, 0.05) is 30.1 Å². The molecule has 0 amide bonds. The van der Waals surface area contributed by atoms with E-state index in [1.807, 2.05) is 66.7 Å². The smallest absolute Gasteiger partial charge is 0.252 e. The van der Waals surface area contributed by atoms with Crippen LogP contribution in [0.1, 0.15) is 22.5 Å². The van der Waals surface area contributed by atoms with Crippen LogP contribution in [0.5, 0.6) is 17.2 Å². The fourth-order valence-corrected chi connectivity index (χ4v) is 4.51. The highest BCUT2D eigenvalue weighted by Gasteiger charge is 2.17. The maximum atomic E-state index is 13.2. The van der Waals surface area contributed by atoms with E-state index < -0.39 is 0 Å². The maximum Gasteiger partial charge on any atom is 0.252 e. The van der Waals surface area contributed by atoms with Crippen molar-refractivity contribution in [3.8, 4) is 17.2 Å². The standard InChI is InChI=1S/C29H30N6O4/c1-37-24-11-9-21(10-12-24)16-34(19-28-31-32-33-35(28)17-20-7-5-4-6-8-20)18-23-13-22-14-26(38-2)27(39-3)15-25(22)30-29(23)36/h4-15H,16-19H2,1-3H3,(H,30,36). The van der Waals surface area contributed by atoms with E-state index in [4.69, 9.17) is 14.2 Å². The number of methoxy groups -OCH3 is 3. The van der Waals surface area contributed by atoms with Gasteiger partial charge in [-0.05, 0) is 45.8 Å². The van der Waals surface area contributed by atoms with Gasteiger partial charge in [0.25, 0.3) is 5.56 Å². The zero-order chi connectivity index (χ0) is 27.2. The van der Waals surface area contributed by atoms with E-state index in [1.54, 1.807) is 32.1 Å². The molecule has 0 spiro atoms. The van der Waals surface area contributed by atoms with Crippen molar-refractivity contribution in [1.82, 2.24) is 30.1 Å². The number of hydrogen-bond acceptors (Lipinski definition) is 8. The Balaban J connectivity index is 1.46. The highest BCUT2D eigenvalue weighted by atomic mass is 16.5. The van der Waals surface area contributed by atoms with Gasteiger partial charge in [0.1, 0.15) is 5.75 Å². The van der Waals surface area contributed by atoms with Crippen molar-refractivity contribution in [3.63, 3.8) is 0 Å². The fourth-order valence-electron chi connectivity index (χ4n) is 4.51. The van der Waals surface area contributed by atoms with Crippen molar-refractivity contribution in [1.29, 1.82) is 0 Å². The molecule has 0 aliphatic heterocycles. The molecule has 0 aliphatic rings. The number of fused-ring (bicyclic) bond motifs is 1. The Hall–Kier alpha value is -4.70. The lowest BCUT2D eigenvalue weighted by Crippen LogP contribution is -2.28. The van der Waals surface area contributed by atoms with Gasteiger partial charge in [0.2, 0.25) is 0 Å². The topological polar surface area (TPSA) is 107 Å². The van der Waals surface area contributed by atoms with E-state index in [-0.39, 0.29) is 5.56 Å². The SMILES string of the molecule is COc1ccc(CN(Cc2cc3cc(OC)c(OC)cc3[nH]c2=O)Cc2nnnn2Cc2ccccc2)cc1. The van der Waals surface area contributed by atoms with Crippen molar-refractivity contribution in [3.05, 3.63) is 106 Å². The highest BCUT2D eigenvalue weighted by molar-refractivity contribution is 5.83. The van der Waals surface area contributed by atoms with Crippen molar-refractivity contribution in [2.75, 3.05) is 21.3 Å².